The van der Waals surface area contributed by atoms with Gasteiger partial charge in [-0.25, -0.2) is 4.79 Å². The van der Waals surface area contributed by atoms with Crippen molar-refractivity contribution in [3.05, 3.63) is 163 Å². The standard InChI is InChI=1S/C26H27Cl2NO4.C23H21Cl2NO3/c1-26(2,3)33-22(30)14-21-25(31)29(15-16-7-8-16)23(17-9-11-19(27)12-10-17)24(32-21)18-5-4-6-20(28)13-18;1-14(27)11-20-23(28)26(13-15-5-6-15)21(16-7-9-18(24)10-8-16)22(29-20)17-3-2-4-19(25)12-17/h4-6,9-14,16,23-24H,7-8,15H2,1-3H3;2-4,7-12,15,21-22H,5-6,13H2,1H3/b21-14-;20-11+/t23-,24-;21-,22-/m11/s1. The summed E-state index contributed by atoms with van der Waals surface area (Å²) in [7, 11) is 0. The van der Waals surface area contributed by atoms with Crippen molar-refractivity contribution in [3.63, 3.8) is 0 Å². The van der Waals surface area contributed by atoms with E-state index in [1.807, 2.05) is 82.6 Å². The zero-order valence-electron chi connectivity index (χ0n) is 34.9. The number of halogens is 4. The van der Waals surface area contributed by atoms with Crippen LogP contribution in [0.1, 0.15) is 99.9 Å². The van der Waals surface area contributed by atoms with Crippen LogP contribution in [0.25, 0.3) is 0 Å². The summed E-state index contributed by atoms with van der Waals surface area (Å²) >= 11 is 24.7. The fraction of sp³-hybridized carbons (Fsp3) is 0.347. The molecule has 0 N–H and O–H groups in total. The molecule has 4 aliphatic rings. The van der Waals surface area contributed by atoms with Gasteiger partial charge in [0.1, 0.15) is 17.8 Å². The average molecular weight is 919 g/mol. The Morgan fingerprint density at radius 3 is 1.37 bits per heavy atom. The van der Waals surface area contributed by atoms with Crippen LogP contribution in [0.4, 0.5) is 0 Å². The van der Waals surface area contributed by atoms with Gasteiger partial charge in [0.15, 0.2) is 17.3 Å². The van der Waals surface area contributed by atoms with Crippen LogP contribution in [0.5, 0.6) is 0 Å². The van der Waals surface area contributed by atoms with E-state index in [9.17, 15) is 19.2 Å². The first-order valence-corrected chi connectivity index (χ1v) is 22.2. The van der Waals surface area contributed by atoms with Gasteiger partial charge in [0.25, 0.3) is 11.8 Å². The molecule has 0 unspecified atom stereocenters. The largest absolute Gasteiger partial charge is 0.477 e. The topological polar surface area (TPSA) is 102 Å². The molecular weight excluding hydrogens is 870 g/mol. The van der Waals surface area contributed by atoms with Crippen LogP contribution < -0.4 is 0 Å². The van der Waals surface area contributed by atoms with Crippen LogP contribution in [-0.4, -0.2) is 52.1 Å². The zero-order valence-corrected chi connectivity index (χ0v) is 37.9. The molecule has 4 fully saturated rings. The maximum Gasteiger partial charge on any atom is 0.335 e. The van der Waals surface area contributed by atoms with Crippen LogP contribution in [0.15, 0.2) is 121 Å². The number of esters is 1. The quantitative estimate of drug-likeness (QED) is 0.115. The molecule has 0 radical (unpaired) electrons. The third-order valence-electron chi connectivity index (χ3n) is 10.8. The molecule has 2 saturated carbocycles. The highest BCUT2D eigenvalue weighted by Gasteiger charge is 2.46. The molecule has 324 valence electrons. The molecule has 8 rings (SSSR count). The summed E-state index contributed by atoms with van der Waals surface area (Å²) in [6, 6.07) is 28.9. The van der Waals surface area contributed by atoms with E-state index < -0.39 is 29.8 Å². The monoisotopic (exact) mass is 916 g/mol. The van der Waals surface area contributed by atoms with Gasteiger partial charge in [-0.1, -0.05) is 94.9 Å². The Balaban J connectivity index is 0.000000188. The van der Waals surface area contributed by atoms with E-state index in [1.165, 1.54) is 13.0 Å². The van der Waals surface area contributed by atoms with E-state index in [-0.39, 0.29) is 35.2 Å². The molecule has 62 heavy (non-hydrogen) atoms. The van der Waals surface area contributed by atoms with E-state index in [0.29, 0.717) is 45.0 Å². The van der Waals surface area contributed by atoms with E-state index in [0.717, 1.165) is 54.0 Å². The van der Waals surface area contributed by atoms with Crippen molar-refractivity contribution in [2.75, 3.05) is 13.1 Å². The fourth-order valence-electron chi connectivity index (χ4n) is 7.63. The van der Waals surface area contributed by atoms with Gasteiger partial charge >= 0.3 is 5.97 Å². The highest BCUT2D eigenvalue weighted by molar-refractivity contribution is 6.31. The lowest BCUT2D eigenvalue weighted by Gasteiger charge is -2.42. The van der Waals surface area contributed by atoms with Gasteiger partial charge < -0.3 is 24.0 Å². The Kier molecular flexibility index (Phi) is 14.1. The van der Waals surface area contributed by atoms with E-state index in [2.05, 4.69) is 0 Å². The maximum absolute atomic E-state index is 13.6. The summed E-state index contributed by atoms with van der Waals surface area (Å²) in [6.07, 6.45) is 5.74. The van der Waals surface area contributed by atoms with Gasteiger partial charge in [-0.15, -0.1) is 0 Å². The van der Waals surface area contributed by atoms with Gasteiger partial charge in [-0.05, 0) is 136 Å². The third-order valence-corrected chi connectivity index (χ3v) is 11.7. The van der Waals surface area contributed by atoms with Gasteiger partial charge in [0.2, 0.25) is 0 Å². The number of ketones is 1. The molecule has 2 aliphatic heterocycles. The van der Waals surface area contributed by atoms with E-state index in [1.54, 1.807) is 45.0 Å². The predicted molar refractivity (Wildman–Crippen MR) is 241 cm³/mol. The van der Waals surface area contributed by atoms with Gasteiger partial charge in [-0.3, -0.25) is 14.4 Å². The normalized spacial score (nSPS) is 22.7. The summed E-state index contributed by atoms with van der Waals surface area (Å²) in [6.45, 7) is 7.95. The Morgan fingerprint density at radius 1 is 0.613 bits per heavy atom. The molecule has 4 atom stereocenters. The lowest BCUT2D eigenvalue weighted by atomic mass is 9.92. The van der Waals surface area contributed by atoms with Crippen molar-refractivity contribution >= 4 is 70.0 Å². The predicted octanol–water partition coefficient (Wildman–Crippen LogP) is 11.8. The van der Waals surface area contributed by atoms with E-state index >= 15 is 0 Å². The smallest absolute Gasteiger partial charge is 0.335 e. The van der Waals surface area contributed by atoms with Crippen LogP contribution in [0.3, 0.4) is 0 Å². The minimum Gasteiger partial charge on any atom is -0.477 e. The first-order chi connectivity index (χ1) is 29.5. The third kappa shape index (κ3) is 11.6. The van der Waals surface area contributed by atoms with Crippen molar-refractivity contribution in [3.8, 4) is 0 Å². The summed E-state index contributed by atoms with van der Waals surface area (Å²) in [4.78, 5) is 54.7. The first kappa shape index (κ1) is 45.2. The Bertz CT molecular complexity index is 2370. The average Bonchev–Trinajstić information content (AvgIpc) is 4.16. The summed E-state index contributed by atoms with van der Waals surface area (Å²) < 4.78 is 17.8. The Morgan fingerprint density at radius 2 is 1.02 bits per heavy atom. The second-order valence-electron chi connectivity index (χ2n) is 17.1. The van der Waals surface area contributed by atoms with Crippen LogP contribution in [0.2, 0.25) is 20.1 Å². The molecule has 9 nitrogen and oxygen atoms in total. The number of hydrogen-bond donors (Lipinski definition) is 0. The minimum absolute atomic E-state index is 0.0277. The van der Waals surface area contributed by atoms with Crippen molar-refractivity contribution in [2.24, 2.45) is 11.8 Å². The second kappa shape index (κ2) is 19.3. The molecule has 2 aliphatic carbocycles. The number of ether oxygens (including phenoxy) is 3. The van der Waals surface area contributed by atoms with Crippen LogP contribution in [-0.2, 0) is 33.4 Å². The number of nitrogens with zero attached hydrogens (tertiary/aromatic N) is 2. The molecule has 4 aromatic rings. The number of benzene rings is 4. The molecule has 13 heteroatoms. The summed E-state index contributed by atoms with van der Waals surface area (Å²) in [5, 5.41) is 2.39. The van der Waals surface area contributed by atoms with Crippen molar-refractivity contribution in [1.82, 2.24) is 9.80 Å². The van der Waals surface area contributed by atoms with Gasteiger partial charge in [-0.2, -0.15) is 0 Å². The zero-order chi connectivity index (χ0) is 44.3. The number of morpholine rings is 2. The molecule has 2 saturated heterocycles. The molecule has 0 aromatic heterocycles. The molecule has 2 heterocycles. The second-order valence-corrected chi connectivity index (χ2v) is 18.9. The van der Waals surface area contributed by atoms with E-state index in [4.69, 9.17) is 60.6 Å². The van der Waals surface area contributed by atoms with Crippen molar-refractivity contribution < 1.29 is 33.4 Å². The van der Waals surface area contributed by atoms with Crippen LogP contribution >= 0.6 is 46.4 Å². The summed E-state index contributed by atoms with van der Waals surface area (Å²) in [5.74, 6) is -0.471. The number of carbonyl (C=O) groups excluding carboxylic acids is 4. The molecule has 0 spiro atoms. The van der Waals surface area contributed by atoms with Crippen molar-refractivity contribution in [2.45, 2.75) is 83.3 Å². The first-order valence-electron chi connectivity index (χ1n) is 20.7. The van der Waals surface area contributed by atoms with Gasteiger partial charge in [0.05, 0.1) is 18.2 Å². The Hall–Kier alpha value is -4.80. The molecule has 2 amide bonds. The highest BCUT2D eigenvalue weighted by atomic mass is 35.5. The number of rotatable bonds is 10. The molecular formula is C49H48Cl4N2O7. The van der Waals surface area contributed by atoms with Gasteiger partial charge in [0, 0.05) is 39.3 Å². The maximum atomic E-state index is 13.6. The molecule has 0 bridgehead atoms. The van der Waals surface area contributed by atoms with Crippen LogP contribution in [0, 0.1) is 11.8 Å². The summed E-state index contributed by atoms with van der Waals surface area (Å²) in [5.41, 5.74) is 2.80. The lowest BCUT2D eigenvalue weighted by molar-refractivity contribution is -0.153. The Labute approximate surface area is 382 Å². The number of carbonyl (C=O) groups is 4. The number of hydrogen-bond acceptors (Lipinski definition) is 7. The number of amides is 2. The number of allylic oxidation sites excluding steroid dienone is 1. The highest BCUT2D eigenvalue weighted by Crippen LogP contribution is 2.47. The minimum atomic E-state index is -0.683. The van der Waals surface area contributed by atoms with Crippen molar-refractivity contribution in [1.29, 1.82) is 0 Å². The molecule has 4 aromatic carbocycles. The SMILES string of the molecule is CC(=O)/C=C1/O[C@H](c2cccc(Cl)c2)[C@@H](c2ccc(Cl)cc2)N(CC2CC2)C1=O.CC(C)(C)OC(=O)/C=C1\O[C@H](c2cccc(Cl)c2)[C@@H](c2ccc(Cl)cc2)N(CC2CC2)C1=O. The fourth-order valence-corrected chi connectivity index (χ4v) is 8.28. The lowest BCUT2D eigenvalue weighted by Crippen LogP contribution is -2.45.